The molecule has 156 valence electrons. The van der Waals surface area contributed by atoms with Gasteiger partial charge in [0.1, 0.15) is 5.82 Å². The van der Waals surface area contributed by atoms with Gasteiger partial charge in [0.25, 0.3) is 5.91 Å². The van der Waals surface area contributed by atoms with E-state index in [1.807, 2.05) is 32.0 Å². The van der Waals surface area contributed by atoms with E-state index in [1.54, 1.807) is 28.4 Å². The first-order valence-electron chi connectivity index (χ1n) is 9.58. The Morgan fingerprint density at radius 1 is 1.17 bits per heavy atom. The molecule has 0 bridgehead atoms. The van der Waals surface area contributed by atoms with Gasteiger partial charge in [-0.05, 0) is 44.2 Å². The topological polar surface area (TPSA) is 63.5 Å². The zero-order valence-corrected chi connectivity index (χ0v) is 17.4. The summed E-state index contributed by atoms with van der Waals surface area (Å²) in [6.07, 6.45) is 3.14. The number of rotatable bonds is 3. The molecule has 1 aliphatic heterocycles. The maximum absolute atomic E-state index is 13.5. The minimum absolute atomic E-state index is 0.0254. The third-order valence-corrected chi connectivity index (χ3v) is 5.31. The lowest BCUT2D eigenvalue weighted by molar-refractivity contribution is 0.0602. The highest BCUT2D eigenvalue weighted by molar-refractivity contribution is 6.31. The van der Waals surface area contributed by atoms with E-state index < -0.39 is 5.82 Å². The number of hydroxylamine groups is 1. The van der Waals surface area contributed by atoms with Gasteiger partial charge >= 0.3 is 0 Å². The van der Waals surface area contributed by atoms with Gasteiger partial charge in [0.05, 0.1) is 53.5 Å². The first-order chi connectivity index (χ1) is 14.4. The van der Waals surface area contributed by atoms with Crippen molar-refractivity contribution in [2.75, 3.05) is 24.8 Å². The summed E-state index contributed by atoms with van der Waals surface area (Å²) in [5.41, 5.74) is 2.75. The molecule has 1 aliphatic rings. The number of aryl methyl sites for hydroxylation is 1. The molecular formula is C21H21ClFN5O2. The smallest absolute Gasteiger partial charge is 0.256 e. The molecule has 30 heavy (non-hydrogen) atoms. The summed E-state index contributed by atoms with van der Waals surface area (Å²) in [5.74, 6) is -0.610. The van der Waals surface area contributed by atoms with Crippen molar-refractivity contribution in [2.45, 2.75) is 19.9 Å². The van der Waals surface area contributed by atoms with Crippen LogP contribution in [0, 0.1) is 12.7 Å². The van der Waals surface area contributed by atoms with E-state index in [2.05, 4.69) is 10.2 Å². The summed E-state index contributed by atoms with van der Waals surface area (Å²) in [6.45, 7) is 5.00. The molecule has 0 unspecified atom stereocenters. The summed E-state index contributed by atoms with van der Waals surface area (Å²) < 4.78 is 13.5. The Labute approximate surface area is 178 Å². The molecule has 1 aromatic heterocycles. The van der Waals surface area contributed by atoms with Crippen LogP contribution in [0.3, 0.4) is 0 Å². The number of aromatic nitrogens is 3. The number of anilines is 1. The zero-order valence-electron chi connectivity index (χ0n) is 16.6. The second-order valence-corrected chi connectivity index (χ2v) is 7.59. The SMILES string of the molecule is Cc1ccc(-n2nccn2)c(C(=O)N2CCN(c3ccc(F)c(Cl)c3)OC[C@H]2C)c1. The standard InChI is InChI=1S/C21H21ClFN5O2/c1-14-3-6-20(28-24-7-8-25-28)17(11-14)21(29)26-9-10-27(30-13-15(26)2)16-4-5-19(23)18(22)12-16/h3-8,11-12,15H,9-10,13H2,1-2H3/t15-/m1/s1. The molecule has 4 rings (SSSR count). The fraction of sp³-hybridized carbons (Fsp3) is 0.286. The quantitative estimate of drug-likeness (QED) is 0.636. The van der Waals surface area contributed by atoms with Crippen LogP contribution in [-0.4, -0.2) is 51.5 Å². The third-order valence-electron chi connectivity index (χ3n) is 5.02. The molecule has 0 radical (unpaired) electrons. The number of nitrogens with zero attached hydrogens (tertiary/aromatic N) is 5. The molecule has 1 atom stereocenters. The van der Waals surface area contributed by atoms with Crippen LogP contribution in [0.25, 0.3) is 5.69 Å². The lowest BCUT2D eigenvalue weighted by Crippen LogP contribution is -2.41. The van der Waals surface area contributed by atoms with Crippen molar-refractivity contribution in [2.24, 2.45) is 0 Å². The van der Waals surface area contributed by atoms with Crippen LogP contribution in [0.2, 0.25) is 5.02 Å². The van der Waals surface area contributed by atoms with Gasteiger partial charge in [-0.3, -0.25) is 14.7 Å². The van der Waals surface area contributed by atoms with Crippen molar-refractivity contribution < 1.29 is 14.0 Å². The largest absolute Gasteiger partial charge is 0.332 e. The van der Waals surface area contributed by atoms with Crippen LogP contribution in [0.4, 0.5) is 10.1 Å². The van der Waals surface area contributed by atoms with Crippen molar-refractivity contribution in [1.29, 1.82) is 0 Å². The van der Waals surface area contributed by atoms with Gasteiger partial charge in [0, 0.05) is 6.54 Å². The van der Waals surface area contributed by atoms with Gasteiger partial charge in [-0.1, -0.05) is 23.2 Å². The summed E-state index contributed by atoms with van der Waals surface area (Å²) in [5, 5.41) is 10.0. The average molecular weight is 430 g/mol. The monoisotopic (exact) mass is 429 g/mol. The van der Waals surface area contributed by atoms with E-state index in [4.69, 9.17) is 16.4 Å². The molecule has 7 nitrogen and oxygen atoms in total. The van der Waals surface area contributed by atoms with Gasteiger partial charge in [-0.15, -0.1) is 0 Å². The van der Waals surface area contributed by atoms with Crippen molar-refractivity contribution in [3.63, 3.8) is 0 Å². The van der Waals surface area contributed by atoms with E-state index in [9.17, 15) is 9.18 Å². The van der Waals surface area contributed by atoms with Crippen LogP contribution in [0.15, 0.2) is 48.8 Å². The number of hydrogen-bond acceptors (Lipinski definition) is 5. The van der Waals surface area contributed by atoms with E-state index >= 15 is 0 Å². The van der Waals surface area contributed by atoms with Crippen LogP contribution < -0.4 is 5.06 Å². The minimum Gasteiger partial charge on any atom is -0.332 e. The second-order valence-electron chi connectivity index (χ2n) is 7.18. The fourth-order valence-corrected chi connectivity index (χ4v) is 3.58. The van der Waals surface area contributed by atoms with Crippen molar-refractivity contribution in [3.8, 4) is 5.69 Å². The van der Waals surface area contributed by atoms with Crippen molar-refractivity contribution in [1.82, 2.24) is 19.9 Å². The summed E-state index contributed by atoms with van der Waals surface area (Å²) in [6, 6.07) is 9.86. The average Bonchev–Trinajstić information content (AvgIpc) is 3.19. The third kappa shape index (κ3) is 4.01. The molecular weight excluding hydrogens is 409 g/mol. The highest BCUT2D eigenvalue weighted by atomic mass is 35.5. The van der Waals surface area contributed by atoms with Crippen molar-refractivity contribution in [3.05, 3.63) is 70.8 Å². The highest BCUT2D eigenvalue weighted by Crippen LogP contribution is 2.25. The van der Waals surface area contributed by atoms with Gasteiger partial charge in [0.15, 0.2) is 0 Å². The van der Waals surface area contributed by atoms with Crippen molar-refractivity contribution >= 4 is 23.2 Å². The molecule has 2 heterocycles. The summed E-state index contributed by atoms with van der Waals surface area (Å²) in [4.78, 5) is 22.6. The van der Waals surface area contributed by atoms with Gasteiger partial charge in [-0.25, -0.2) is 4.39 Å². The Balaban J connectivity index is 1.59. The Bertz CT molecular complexity index is 1060. The minimum atomic E-state index is -0.486. The molecule has 1 amide bonds. The predicted molar refractivity (Wildman–Crippen MR) is 111 cm³/mol. The van der Waals surface area contributed by atoms with E-state index in [1.165, 1.54) is 16.9 Å². The number of amides is 1. The van der Waals surface area contributed by atoms with Crippen LogP contribution in [-0.2, 0) is 4.84 Å². The van der Waals surface area contributed by atoms with Crippen LogP contribution in [0.1, 0.15) is 22.8 Å². The number of benzene rings is 2. The predicted octanol–water partition coefficient (Wildman–Crippen LogP) is 3.65. The molecule has 0 N–H and O–H groups in total. The summed E-state index contributed by atoms with van der Waals surface area (Å²) in [7, 11) is 0. The number of carbonyl (C=O) groups is 1. The first kappa shape index (κ1) is 20.3. The second kappa shape index (κ2) is 8.41. The van der Waals surface area contributed by atoms with Crippen LogP contribution >= 0.6 is 11.6 Å². The van der Waals surface area contributed by atoms with E-state index in [0.29, 0.717) is 36.6 Å². The zero-order chi connectivity index (χ0) is 21.3. The molecule has 9 heteroatoms. The molecule has 1 saturated heterocycles. The normalized spacial score (nSPS) is 17.1. The Kier molecular flexibility index (Phi) is 5.69. The Morgan fingerprint density at radius 3 is 2.67 bits per heavy atom. The summed E-state index contributed by atoms with van der Waals surface area (Å²) >= 11 is 5.91. The molecule has 0 aliphatic carbocycles. The molecule has 0 saturated carbocycles. The van der Waals surface area contributed by atoms with Gasteiger partial charge < -0.3 is 4.90 Å². The number of halogens is 2. The van der Waals surface area contributed by atoms with Gasteiger partial charge in [-0.2, -0.15) is 15.0 Å². The molecule has 3 aromatic rings. The number of carbonyl (C=O) groups excluding carboxylic acids is 1. The van der Waals surface area contributed by atoms with Crippen LogP contribution in [0.5, 0.6) is 0 Å². The maximum Gasteiger partial charge on any atom is 0.256 e. The first-order valence-corrected chi connectivity index (χ1v) is 9.95. The maximum atomic E-state index is 13.5. The molecule has 1 fully saturated rings. The Hall–Kier alpha value is -2.97. The van der Waals surface area contributed by atoms with Gasteiger partial charge in [0.2, 0.25) is 0 Å². The fourth-order valence-electron chi connectivity index (χ4n) is 3.41. The van der Waals surface area contributed by atoms with E-state index in [0.717, 1.165) is 5.56 Å². The Morgan fingerprint density at radius 2 is 1.93 bits per heavy atom. The highest BCUT2D eigenvalue weighted by Gasteiger charge is 2.29. The number of hydrogen-bond donors (Lipinski definition) is 0. The molecule has 0 spiro atoms. The molecule has 2 aromatic carbocycles. The lowest BCUT2D eigenvalue weighted by atomic mass is 10.1. The van der Waals surface area contributed by atoms with E-state index in [-0.39, 0.29) is 17.0 Å². The lowest BCUT2D eigenvalue weighted by Gasteiger charge is -2.26.